The summed E-state index contributed by atoms with van der Waals surface area (Å²) in [7, 11) is 1.89. The van der Waals surface area contributed by atoms with E-state index in [2.05, 4.69) is 28.1 Å². The second-order valence-electron chi connectivity index (χ2n) is 5.90. The van der Waals surface area contributed by atoms with Crippen LogP contribution >= 0.6 is 0 Å². The summed E-state index contributed by atoms with van der Waals surface area (Å²) in [5, 5.41) is 9.61. The van der Waals surface area contributed by atoms with Crippen LogP contribution in [0.5, 0.6) is 0 Å². The molecule has 0 saturated heterocycles. The van der Waals surface area contributed by atoms with Gasteiger partial charge in [0, 0.05) is 25.3 Å². The topological polar surface area (TPSA) is 53.2 Å². The quantitative estimate of drug-likeness (QED) is 0.719. The van der Waals surface area contributed by atoms with E-state index in [-0.39, 0.29) is 11.9 Å². The van der Waals surface area contributed by atoms with Crippen molar-refractivity contribution in [3.8, 4) is 0 Å². The Kier molecular flexibility index (Phi) is 4.30. The van der Waals surface area contributed by atoms with Gasteiger partial charge in [-0.25, -0.2) is 0 Å². The maximum Gasteiger partial charge on any atom is 0.240 e. The standard InChI is InChI=1S/C15H25N3O/c1-11-9-13(16-3)5-4-8-17-15(2,14(19)18-11)10-12-6-7-12/h4-5,9,11-12,16-17H,6-8,10H2,1-3H3,(H,18,19)/b5-4-,13-9+. The molecule has 1 fully saturated rings. The van der Waals surface area contributed by atoms with Gasteiger partial charge in [-0.05, 0) is 38.3 Å². The Hall–Kier alpha value is -1.29. The Labute approximate surface area is 115 Å². The summed E-state index contributed by atoms with van der Waals surface area (Å²) in [6, 6.07) is 0.0260. The van der Waals surface area contributed by atoms with Crippen molar-refractivity contribution in [1.82, 2.24) is 16.0 Å². The predicted octanol–water partition coefficient (Wildman–Crippen LogP) is 1.31. The highest BCUT2D eigenvalue weighted by atomic mass is 16.2. The zero-order valence-corrected chi connectivity index (χ0v) is 12.1. The van der Waals surface area contributed by atoms with Crippen LogP contribution in [0, 0.1) is 5.92 Å². The van der Waals surface area contributed by atoms with Crippen molar-refractivity contribution in [3.05, 3.63) is 23.9 Å². The largest absolute Gasteiger partial charge is 0.388 e. The molecule has 19 heavy (non-hydrogen) atoms. The molecule has 1 heterocycles. The molecular weight excluding hydrogens is 238 g/mol. The van der Waals surface area contributed by atoms with Crippen LogP contribution < -0.4 is 16.0 Å². The molecule has 0 aromatic carbocycles. The first-order chi connectivity index (χ1) is 9.03. The summed E-state index contributed by atoms with van der Waals surface area (Å²) < 4.78 is 0. The second-order valence-corrected chi connectivity index (χ2v) is 5.90. The summed E-state index contributed by atoms with van der Waals surface area (Å²) in [6.07, 6.45) is 9.62. The van der Waals surface area contributed by atoms with Crippen molar-refractivity contribution < 1.29 is 4.79 Å². The van der Waals surface area contributed by atoms with Gasteiger partial charge in [-0.2, -0.15) is 0 Å². The monoisotopic (exact) mass is 263 g/mol. The van der Waals surface area contributed by atoms with Crippen LogP contribution in [0.2, 0.25) is 0 Å². The maximum absolute atomic E-state index is 12.5. The highest BCUT2D eigenvalue weighted by molar-refractivity contribution is 5.86. The number of hydrogen-bond acceptors (Lipinski definition) is 3. The van der Waals surface area contributed by atoms with E-state index < -0.39 is 5.54 Å². The van der Waals surface area contributed by atoms with Crippen molar-refractivity contribution in [3.63, 3.8) is 0 Å². The lowest BCUT2D eigenvalue weighted by atomic mass is 9.92. The number of likely N-dealkylation sites (N-methyl/N-ethyl adjacent to an activating group) is 1. The Balaban J connectivity index is 2.12. The number of hydrogen-bond donors (Lipinski definition) is 3. The minimum atomic E-state index is -0.454. The molecular formula is C15H25N3O. The van der Waals surface area contributed by atoms with Gasteiger partial charge in [0.1, 0.15) is 0 Å². The lowest BCUT2D eigenvalue weighted by Crippen LogP contribution is -2.56. The van der Waals surface area contributed by atoms with Crippen molar-refractivity contribution >= 4 is 5.91 Å². The molecule has 0 radical (unpaired) electrons. The van der Waals surface area contributed by atoms with E-state index in [0.717, 1.165) is 12.1 Å². The first-order valence-corrected chi connectivity index (χ1v) is 7.15. The van der Waals surface area contributed by atoms with Crippen LogP contribution in [0.15, 0.2) is 23.9 Å². The maximum atomic E-state index is 12.5. The van der Waals surface area contributed by atoms with Crippen molar-refractivity contribution in [2.45, 2.75) is 44.7 Å². The fourth-order valence-electron chi connectivity index (χ4n) is 2.51. The second kappa shape index (κ2) is 5.78. The summed E-state index contributed by atoms with van der Waals surface area (Å²) in [4.78, 5) is 12.5. The molecule has 4 nitrogen and oxygen atoms in total. The van der Waals surface area contributed by atoms with Gasteiger partial charge < -0.3 is 16.0 Å². The number of carbonyl (C=O) groups is 1. The number of amides is 1. The van der Waals surface area contributed by atoms with Crippen LogP contribution in [-0.4, -0.2) is 31.1 Å². The fourth-order valence-corrected chi connectivity index (χ4v) is 2.51. The summed E-state index contributed by atoms with van der Waals surface area (Å²) >= 11 is 0. The Morgan fingerprint density at radius 1 is 1.47 bits per heavy atom. The molecule has 2 aliphatic rings. The van der Waals surface area contributed by atoms with Gasteiger partial charge in [0.25, 0.3) is 0 Å². The molecule has 1 aliphatic carbocycles. The minimum absolute atomic E-state index is 0.0260. The average molecular weight is 263 g/mol. The van der Waals surface area contributed by atoms with E-state index in [9.17, 15) is 4.79 Å². The molecule has 106 valence electrons. The molecule has 2 atom stereocenters. The lowest BCUT2D eigenvalue weighted by Gasteiger charge is -2.31. The predicted molar refractivity (Wildman–Crippen MR) is 77.6 cm³/mol. The first-order valence-electron chi connectivity index (χ1n) is 7.15. The smallest absolute Gasteiger partial charge is 0.240 e. The van der Waals surface area contributed by atoms with Gasteiger partial charge in [-0.1, -0.05) is 18.9 Å². The SMILES string of the molecule is CNC1=C/C(C)NC(=O)C(C)(CC2CC2)NC/C=C\1. The van der Waals surface area contributed by atoms with Gasteiger partial charge in [0.2, 0.25) is 5.91 Å². The van der Waals surface area contributed by atoms with E-state index in [1.807, 2.05) is 27.0 Å². The number of rotatable bonds is 3. The Morgan fingerprint density at radius 2 is 2.21 bits per heavy atom. The van der Waals surface area contributed by atoms with Crippen molar-refractivity contribution in [2.75, 3.05) is 13.6 Å². The van der Waals surface area contributed by atoms with Gasteiger partial charge in [0.05, 0.1) is 5.54 Å². The van der Waals surface area contributed by atoms with E-state index >= 15 is 0 Å². The third kappa shape index (κ3) is 3.83. The molecule has 0 spiro atoms. The Bertz CT molecular complexity index is 398. The van der Waals surface area contributed by atoms with E-state index in [4.69, 9.17) is 0 Å². The zero-order valence-electron chi connectivity index (χ0n) is 12.1. The lowest BCUT2D eigenvalue weighted by molar-refractivity contribution is -0.127. The minimum Gasteiger partial charge on any atom is -0.388 e. The third-order valence-corrected chi connectivity index (χ3v) is 3.88. The molecule has 4 heteroatoms. The van der Waals surface area contributed by atoms with Crippen LogP contribution in [-0.2, 0) is 4.79 Å². The summed E-state index contributed by atoms with van der Waals surface area (Å²) in [5.74, 6) is 0.822. The zero-order chi connectivity index (χ0) is 13.9. The normalized spacial score (nSPS) is 36.9. The van der Waals surface area contributed by atoms with E-state index in [1.54, 1.807) is 0 Å². The highest BCUT2D eigenvalue weighted by Crippen LogP contribution is 2.36. The summed E-state index contributed by atoms with van der Waals surface area (Å²) in [5.41, 5.74) is 0.575. The molecule has 1 aliphatic heterocycles. The molecule has 2 rings (SSSR count). The van der Waals surface area contributed by atoms with E-state index in [1.165, 1.54) is 12.8 Å². The number of allylic oxidation sites excluding steroid dienone is 1. The van der Waals surface area contributed by atoms with Crippen molar-refractivity contribution in [1.29, 1.82) is 0 Å². The van der Waals surface area contributed by atoms with Crippen LogP contribution in [0.3, 0.4) is 0 Å². The average Bonchev–Trinajstić information content (AvgIpc) is 3.15. The number of carbonyl (C=O) groups excluding carboxylic acids is 1. The van der Waals surface area contributed by atoms with E-state index in [0.29, 0.717) is 12.5 Å². The molecule has 3 N–H and O–H groups in total. The third-order valence-electron chi connectivity index (χ3n) is 3.88. The number of nitrogens with one attached hydrogen (secondary N) is 3. The van der Waals surface area contributed by atoms with Gasteiger partial charge in [-0.15, -0.1) is 0 Å². The van der Waals surface area contributed by atoms with Crippen LogP contribution in [0.25, 0.3) is 0 Å². The van der Waals surface area contributed by atoms with Crippen LogP contribution in [0.4, 0.5) is 0 Å². The molecule has 2 unspecified atom stereocenters. The molecule has 1 amide bonds. The fraction of sp³-hybridized carbons (Fsp3) is 0.667. The van der Waals surface area contributed by atoms with Gasteiger partial charge >= 0.3 is 0 Å². The molecule has 0 aromatic rings. The highest BCUT2D eigenvalue weighted by Gasteiger charge is 2.38. The molecule has 0 aromatic heterocycles. The van der Waals surface area contributed by atoms with Gasteiger partial charge in [-0.3, -0.25) is 4.79 Å². The van der Waals surface area contributed by atoms with Crippen LogP contribution in [0.1, 0.15) is 33.1 Å². The molecule has 0 bridgehead atoms. The summed E-state index contributed by atoms with van der Waals surface area (Å²) in [6.45, 7) is 4.73. The van der Waals surface area contributed by atoms with Crippen molar-refractivity contribution in [2.24, 2.45) is 5.92 Å². The molecule has 1 saturated carbocycles. The Morgan fingerprint density at radius 3 is 2.84 bits per heavy atom. The first kappa shape index (κ1) is 14.1. The van der Waals surface area contributed by atoms with Gasteiger partial charge in [0.15, 0.2) is 0 Å².